The minimum Gasteiger partial charge on any atom is -0.328 e. The molecule has 0 aromatic heterocycles. The fourth-order valence-electron chi connectivity index (χ4n) is 6.08. The Labute approximate surface area is 164 Å². The molecule has 0 unspecified atom stereocenters. The fourth-order valence-corrected chi connectivity index (χ4v) is 61.2. The van der Waals surface area contributed by atoms with E-state index in [0.29, 0.717) is 3.91 Å². The van der Waals surface area contributed by atoms with Gasteiger partial charge in [0.2, 0.25) is 0 Å². The summed E-state index contributed by atoms with van der Waals surface area (Å²) in [7, 11) is -4.99. The first kappa shape index (κ1) is 22.6. The largest absolute Gasteiger partial charge is 0.328 e. The third-order valence-electron chi connectivity index (χ3n) is 5.60. The van der Waals surface area contributed by atoms with Gasteiger partial charge < -0.3 is 15.3 Å². The van der Waals surface area contributed by atoms with Gasteiger partial charge in [0.05, 0.1) is 0 Å². The Morgan fingerprint density at radius 1 is 0.708 bits per heavy atom. The van der Waals surface area contributed by atoms with Crippen LogP contribution in [0.3, 0.4) is 0 Å². The molecule has 0 atom stereocenters. The van der Waals surface area contributed by atoms with Gasteiger partial charge in [-0.15, -0.1) is 3.91 Å². The maximum atomic E-state index is 4.45. The Morgan fingerprint density at radius 2 is 1.00 bits per heavy atom. The molecule has 0 heterocycles. The van der Waals surface area contributed by atoms with E-state index >= 15 is 0 Å². The summed E-state index contributed by atoms with van der Waals surface area (Å²) < 4.78 is 0.586. The number of rotatable bonds is 5. The quantitative estimate of drug-likeness (QED) is 0.345. The van der Waals surface area contributed by atoms with Crippen LogP contribution in [0.4, 0.5) is 0 Å². The normalized spacial score (nSPS) is 14.0. The maximum Gasteiger partial charge on any atom is 0.0160 e. The minimum absolute atomic E-state index is 0.586. The van der Waals surface area contributed by atoms with Gasteiger partial charge in [-0.2, -0.15) is 5.19 Å². The summed E-state index contributed by atoms with van der Waals surface area (Å²) in [5.41, 5.74) is 4.42. The first-order valence-corrected chi connectivity index (χ1v) is 23.4. The summed E-state index contributed by atoms with van der Waals surface area (Å²) in [6.45, 7) is 30.7. The number of hydrogen-bond donors (Lipinski definition) is 0. The molecular weight excluding hydrogens is 420 g/mol. The number of halogens is 1. The third kappa shape index (κ3) is 3.66. The Bertz CT molecular complexity index is 544. The molecule has 138 valence electrons. The topological polar surface area (TPSA) is 0 Å². The van der Waals surface area contributed by atoms with Crippen LogP contribution < -0.4 is 5.19 Å². The highest BCUT2D eigenvalue weighted by atomic mass is 79.9. The zero-order valence-electron chi connectivity index (χ0n) is 18.0. The molecule has 1 aromatic rings. The van der Waals surface area contributed by atoms with Crippen LogP contribution in [0.15, 0.2) is 12.1 Å². The van der Waals surface area contributed by atoms with Crippen molar-refractivity contribution in [3.05, 3.63) is 28.8 Å². The van der Waals surface area contributed by atoms with E-state index in [1.54, 1.807) is 5.19 Å². The molecule has 24 heavy (non-hydrogen) atoms. The van der Waals surface area contributed by atoms with Gasteiger partial charge in [-0.1, -0.05) is 87.7 Å². The predicted octanol–water partition coefficient (Wildman–Crippen LogP) is 6.58. The van der Waals surface area contributed by atoms with E-state index in [2.05, 4.69) is 107 Å². The molecule has 0 bridgehead atoms. The molecule has 0 saturated carbocycles. The van der Waals surface area contributed by atoms with Gasteiger partial charge in [0.1, 0.15) is 0 Å². The van der Waals surface area contributed by atoms with Crippen LogP contribution in [-0.4, -0.2) is 31.6 Å². The maximum absolute atomic E-state index is 4.45. The van der Waals surface area contributed by atoms with Crippen LogP contribution in [0.25, 0.3) is 0 Å². The Kier molecular flexibility index (Phi) is 6.54. The molecule has 0 aliphatic carbocycles. The molecule has 1 aromatic carbocycles. The highest BCUT2D eigenvalue weighted by molar-refractivity contribution is 9.25. The molecule has 0 N–H and O–H groups in total. The fraction of sp³-hybridized carbons (Fsp3) is 0.684. The lowest BCUT2D eigenvalue weighted by Crippen LogP contribution is -2.73. The molecule has 0 aliphatic rings. The Hall–Kier alpha value is 0.568. The van der Waals surface area contributed by atoms with Crippen molar-refractivity contribution >= 4 is 52.1 Å². The van der Waals surface area contributed by atoms with E-state index in [4.69, 9.17) is 0 Å². The SMILES string of the molecule is Cc1cc(C)c([Si-](Br)C([Si](C)(C)C)([Si](C)(C)C)[Si](C)(C)C)c(C)c1. The van der Waals surface area contributed by atoms with Crippen LogP contribution in [0.1, 0.15) is 16.7 Å². The van der Waals surface area contributed by atoms with E-state index < -0.39 is 31.6 Å². The zero-order chi connectivity index (χ0) is 19.3. The number of benzene rings is 1. The van der Waals surface area contributed by atoms with Crippen molar-refractivity contribution in [2.24, 2.45) is 0 Å². The second kappa shape index (κ2) is 6.95. The van der Waals surface area contributed by atoms with E-state index in [0.717, 1.165) is 0 Å². The Morgan fingerprint density at radius 3 is 1.25 bits per heavy atom. The zero-order valence-corrected chi connectivity index (χ0v) is 23.6. The molecule has 0 spiro atoms. The van der Waals surface area contributed by atoms with Crippen molar-refractivity contribution in [1.82, 2.24) is 0 Å². The monoisotopic (exact) mass is 457 g/mol. The summed E-state index contributed by atoms with van der Waals surface area (Å²) in [4.78, 5) is 0. The van der Waals surface area contributed by atoms with E-state index in [-0.39, 0.29) is 0 Å². The van der Waals surface area contributed by atoms with Gasteiger partial charge in [0, 0.05) is 24.2 Å². The summed E-state index contributed by atoms with van der Waals surface area (Å²) in [5, 5.41) is 1.68. The van der Waals surface area contributed by atoms with Crippen molar-refractivity contribution in [2.45, 2.75) is 83.6 Å². The van der Waals surface area contributed by atoms with E-state index in [1.807, 2.05) is 0 Å². The Balaban J connectivity index is 3.88. The van der Waals surface area contributed by atoms with Crippen molar-refractivity contribution in [1.29, 1.82) is 0 Å². The van der Waals surface area contributed by atoms with Gasteiger partial charge in [-0.25, -0.2) is 7.42 Å². The molecule has 0 saturated heterocycles. The van der Waals surface area contributed by atoms with Crippen molar-refractivity contribution < 1.29 is 0 Å². The van der Waals surface area contributed by atoms with Gasteiger partial charge >= 0.3 is 0 Å². The highest BCUT2D eigenvalue weighted by Gasteiger charge is 2.56. The molecule has 0 aliphatic heterocycles. The van der Waals surface area contributed by atoms with E-state index in [1.165, 1.54) is 16.7 Å². The van der Waals surface area contributed by atoms with Crippen LogP contribution >= 0.6 is 15.3 Å². The molecular formula is C19H38BrSi4-. The molecule has 1 rings (SSSR count). The van der Waals surface area contributed by atoms with Crippen molar-refractivity contribution in [2.75, 3.05) is 0 Å². The minimum atomic E-state index is -1.39. The summed E-state index contributed by atoms with van der Waals surface area (Å²) >= 11 is 4.45. The molecule has 0 radical (unpaired) electrons. The van der Waals surface area contributed by atoms with Crippen LogP contribution in [0, 0.1) is 20.8 Å². The first-order valence-electron chi connectivity index (χ1n) is 9.09. The molecule has 0 amide bonds. The van der Waals surface area contributed by atoms with Gasteiger partial charge in [-0.05, 0) is 20.8 Å². The van der Waals surface area contributed by atoms with Crippen LogP contribution in [0.2, 0.25) is 62.8 Å². The summed E-state index contributed by atoms with van der Waals surface area (Å²) in [6, 6.07) is 4.80. The second-order valence-electron chi connectivity index (χ2n) is 10.6. The first-order chi connectivity index (χ1) is 10.5. The smallest absolute Gasteiger partial charge is 0.0160 e. The van der Waals surface area contributed by atoms with Crippen molar-refractivity contribution in [3.63, 3.8) is 0 Å². The van der Waals surface area contributed by atoms with Crippen LogP contribution in [0.5, 0.6) is 0 Å². The standard InChI is InChI=1S/C19H38BrSi4/c1-15-13-16(2)18(17(3)14-15)21(20)19(22(4,5)6,23(7,8)9)24(10,11)12/h13-14H,1-12H3/q-1. The number of hydrogen-bond acceptors (Lipinski definition) is 0. The molecule has 0 nitrogen and oxygen atoms in total. The van der Waals surface area contributed by atoms with Gasteiger partial charge in [0.25, 0.3) is 0 Å². The molecule has 0 fully saturated rings. The van der Waals surface area contributed by atoms with E-state index in [9.17, 15) is 0 Å². The van der Waals surface area contributed by atoms with Gasteiger partial charge in [0.15, 0.2) is 0 Å². The third-order valence-corrected chi connectivity index (χ3v) is 43.0. The lowest BCUT2D eigenvalue weighted by molar-refractivity contribution is 1.22. The number of aryl methyl sites for hydroxylation is 3. The molecule has 5 heteroatoms. The van der Waals surface area contributed by atoms with Gasteiger partial charge in [-0.3, -0.25) is 0 Å². The highest BCUT2D eigenvalue weighted by Crippen LogP contribution is 2.56. The summed E-state index contributed by atoms with van der Waals surface area (Å²) in [5.74, 6) is 0. The lowest BCUT2D eigenvalue weighted by atomic mass is 10.1. The van der Waals surface area contributed by atoms with Crippen molar-refractivity contribution in [3.8, 4) is 0 Å². The average molecular weight is 459 g/mol. The lowest BCUT2D eigenvalue weighted by Gasteiger charge is -2.70. The predicted molar refractivity (Wildman–Crippen MR) is 128 cm³/mol. The van der Waals surface area contributed by atoms with Crippen LogP contribution in [-0.2, 0) is 0 Å². The second-order valence-corrected chi connectivity index (χ2v) is 33.6. The average Bonchev–Trinajstić information content (AvgIpc) is 2.20. The summed E-state index contributed by atoms with van der Waals surface area (Å²) in [6.07, 6.45) is 0.